The number of ether oxygens (including phenoxy) is 1. The number of aromatic hydroxyl groups is 1. The molecule has 1 aromatic rings. The molecule has 0 aliphatic rings. The van der Waals surface area contributed by atoms with Crippen LogP contribution in [0.15, 0.2) is 18.2 Å². The summed E-state index contributed by atoms with van der Waals surface area (Å²) in [5.74, 6) is -0.0975. The standard InChI is InChI=1S/C13H20N2O4/c1-13(2,3)19-12(18)15-10-6-8(9(14)7-16)4-5-11(10)17/h4-6,9,16-17H,7,14H2,1-3H3,(H,15,18)/t9-/m0/s1. The number of anilines is 1. The number of benzene rings is 1. The predicted molar refractivity (Wildman–Crippen MR) is 72.0 cm³/mol. The largest absolute Gasteiger partial charge is 0.506 e. The number of amides is 1. The molecule has 1 amide bonds. The maximum atomic E-state index is 11.6. The van der Waals surface area contributed by atoms with E-state index in [0.717, 1.165) is 0 Å². The van der Waals surface area contributed by atoms with Crippen molar-refractivity contribution in [2.45, 2.75) is 32.4 Å². The van der Waals surface area contributed by atoms with Crippen LogP contribution in [0.3, 0.4) is 0 Å². The van der Waals surface area contributed by atoms with Crippen molar-refractivity contribution >= 4 is 11.8 Å². The lowest BCUT2D eigenvalue weighted by Gasteiger charge is -2.20. The summed E-state index contributed by atoms with van der Waals surface area (Å²) in [4.78, 5) is 11.6. The van der Waals surface area contributed by atoms with E-state index in [1.165, 1.54) is 12.1 Å². The van der Waals surface area contributed by atoms with E-state index in [-0.39, 0.29) is 18.0 Å². The minimum Gasteiger partial charge on any atom is -0.506 e. The average Bonchev–Trinajstić information content (AvgIpc) is 2.28. The van der Waals surface area contributed by atoms with Gasteiger partial charge in [-0.05, 0) is 38.5 Å². The van der Waals surface area contributed by atoms with Crippen LogP contribution in [0.1, 0.15) is 32.4 Å². The van der Waals surface area contributed by atoms with Gasteiger partial charge < -0.3 is 20.7 Å². The number of carbonyl (C=O) groups is 1. The lowest BCUT2D eigenvalue weighted by atomic mass is 10.1. The fraction of sp³-hybridized carbons (Fsp3) is 0.462. The van der Waals surface area contributed by atoms with Crippen LogP contribution in [-0.2, 0) is 4.74 Å². The third-order valence-electron chi connectivity index (χ3n) is 2.28. The maximum Gasteiger partial charge on any atom is 0.412 e. The molecule has 0 aromatic heterocycles. The van der Waals surface area contributed by atoms with Crippen molar-refractivity contribution in [1.82, 2.24) is 0 Å². The number of aliphatic hydroxyl groups is 1. The molecule has 19 heavy (non-hydrogen) atoms. The Bertz CT molecular complexity index is 454. The maximum absolute atomic E-state index is 11.6. The second-order valence-corrected chi connectivity index (χ2v) is 5.19. The first-order valence-corrected chi connectivity index (χ1v) is 5.92. The van der Waals surface area contributed by atoms with Crippen LogP contribution in [0.25, 0.3) is 0 Å². The van der Waals surface area contributed by atoms with E-state index in [0.29, 0.717) is 5.56 Å². The first-order valence-electron chi connectivity index (χ1n) is 5.92. The van der Waals surface area contributed by atoms with Crippen molar-refractivity contribution in [2.75, 3.05) is 11.9 Å². The highest BCUT2D eigenvalue weighted by Crippen LogP contribution is 2.27. The van der Waals surface area contributed by atoms with E-state index in [1.54, 1.807) is 26.8 Å². The third kappa shape index (κ3) is 4.76. The number of hydrogen-bond acceptors (Lipinski definition) is 5. The molecule has 0 bridgehead atoms. The van der Waals surface area contributed by atoms with Gasteiger partial charge in [0.05, 0.1) is 18.3 Å². The Kier molecular flexibility index (Phi) is 4.74. The normalized spacial score (nSPS) is 12.9. The van der Waals surface area contributed by atoms with Gasteiger partial charge in [-0.2, -0.15) is 0 Å². The molecule has 6 nitrogen and oxygen atoms in total. The lowest BCUT2D eigenvalue weighted by molar-refractivity contribution is 0.0635. The molecule has 0 fully saturated rings. The molecule has 0 aliphatic heterocycles. The first-order chi connectivity index (χ1) is 8.73. The van der Waals surface area contributed by atoms with Gasteiger partial charge in [0.15, 0.2) is 0 Å². The summed E-state index contributed by atoms with van der Waals surface area (Å²) in [7, 11) is 0. The van der Waals surface area contributed by atoms with Crippen molar-refractivity contribution in [2.24, 2.45) is 5.73 Å². The minimum absolute atomic E-state index is 0.0975. The van der Waals surface area contributed by atoms with Crippen molar-refractivity contribution in [1.29, 1.82) is 0 Å². The molecule has 0 spiro atoms. The zero-order valence-electron chi connectivity index (χ0n) is 11.3. The van der Waals surface area contributed by atoms with Crippen LogP contribution < -0.4 is 11.1 Å². The first kappa shape index (κ1) is 15.3. The summed E-state index contributed by atoms with van der Waals surface area (Å²) in [5.41, 5.74) is 5.84. The van der Waals surface area contributed by atoms with Crippen molar-refractivity contribution < 1.29 is 19.7 Å². The SMILES string of the molecule is CC(C)(C)OC(=O)Nc1cc([C@@H](N)CO)ccc1O. The zero-order chi connectivity index (χ0) is 14.6. The highest BCUT2D eigenvalue weighted by Gasteiger charge is 2.17. The Morgan fingerprint density at radius 3 is 2.63 bits per heavy atom. The summed E-state index contributed by atoms with van der Waals surface area (Å²) < 4.78 is 5.08. The Hall–Kier alpha value is -1.79. The predicted octanol–water partition coefficient (Wildman–Crippen LogP) is 1.73. The van der Waals surface area contributed by atoms with Gasteiger partial charge in [-0.3, -0.25) is 5.32 Å². The van der Waals surface area contributed by atoms with Gasteiger partial charge in [0.25, 0.3) is 0 Å². The summed E-state index contributed by atoms with van der Waals surface area (Å²) in [6, 6.07) is 3.91. The number of aliphatic hydroxyl groups excluding tert-OH is 1. The Morgan fingerprint density at radius 2 is 2.11 bits per heavy atom. The summed E-state index contributed by atoms with van der Waals surface area (Å²) >= 11 is 0. The number of nitrogens with one attached hydrogen (secondary N) is 1. The Labute approximate surface area is 112 Å². The number of carbonyl (C=O) groups excluding carboxylic acids is 1. The van der Waals surface area contributed by atoms with Gasteiger partial charge in [0, 0.05) is 0 Å². The lowest BCUT2D eigenvalue weighted by Crippen LogP contribution is -2.27. The highest BCUT2D eigenvalue weighted by atomic mass is 16.6. The van der Waals surface area contributed by atoms with E-state index < -0.39 is 17.7 Å². The van der Waals surface area contributed by atoms with Gasteiger partial charge in [0.1, 0.15) is 11.4 Å². The van der Waals surface area contributed by atoms with Gasteiger partial charge in [0.2, 0.25) is 0 Å². The van der Waals surface area contributed by atoms with E-state index in [2.05, 4.69) is 5.32 Å². The number of phenolic OH excluding ortho intramolecular Hbond substituents is 1. The van der Waals surface area contributed by atoms with Crippen molar-refractivity contribution in [3.63, 3.8) is 0 Å². The molecule has 0 unspecified atom stereocenters. The number of phenols is 1. The van der Waals surface area contributed by atoms with E-state index >= 15 is 0 Å². The van der Waals surface area contributed by atoms with Gasteiger partial charge >= 0.3 is 6.09 Å². The van der Waals surface area contributed by atoms with Crippen LogP contribution in [0.2, 0.25) is 0 Å². The quantitative estimate of drug-likeness (QED) is 0.625. The smallest absolute Gasteiger partial charge is 0.412 e. The molecule has 0 saturated carbocycles. The van der Waals surface area contributed by atoms with E-state index in [1.807, 2.05) is 0 Å². The molecule has 0 radical (unpaired) electrons. The molecular weight excluding hydrogens is 248 g/mol. The second kappa shape index (κ2) is 5.90. The second-order valence-electron chi connectivity index (χ2n) is 5.19. The van der Waals surface area contributed by atoms with Gasteiger partial charge in [-0.15, -0.1) is 0 Å². The molecule has 0 saturated heterocycles. The molecule has 1 atom stereocenters. The van der Waals surface area contributed by atoms with E-state index in [4.69, 9.17) is 15.6 Å². The number of rotatable bonds is 3. The molecular formula is C13H20N2O4. The van der Waals surface area contributed by atoms with Crippen LogP contribution in [0.5, 0.6) is 5.75 Å². The van der Waals surface area contributed by atoms with Gasteiger partial charge in [-0.1, -0.05) is 6.07 Å². The summed E-state index contributed by atoms with van der Waals surface area (Å²) in [5, 5.41) is 21.1. The zero-order valence-corrected chi connectivity index (χ0v) is 11.3. The monoisotopic (exact) mass is 268 g/mol. The van der Waals surface area contributed by atoms with Crippen LogP contribution in [0, 0.1) is 0 Å². The number of hydrogen-bond donors (Lipinski definition) is 4. The molecule has 1 rings (SSSR count). The van der Waals surface area contributed by atoms with Crippen molar-refractivity contribution in [3.8, 4) is 5.75 Å². The highest BCUT2D eigenvalue weighted by molar-refractivity contribution is 5.87. The topological polar surface area (TPSA) is 105 Å². The summed E-state index contributed by atoms with van der Waals surface area (Å²) in [6.07, 6.45) is -0.669. The minimum atomic E-state index is -0.669. The molecule has 1 aromatic carbocycles. The third-order valence-corrected chi connectivity index (χ3v) is 2.28. The Morgan fingerprint density at radius 1 is 1.47 bits per heavy atom. The van der Waals surface area contributed by atoms with Crippen LogP contribution >= 0.6 is 0 Å². The van der Waals surface area contributed by atoms with Gasteiger partial charge in [-0.25, -0.2) is 4.79 Å². The molecule has 0 heterocycles. The molecule has 0 aliphatic carbocycles. The Balaban J connectivity index is 2.85. The molecule has 6 heteroatoms. The summed E-state index contributed by atoms with van der Waals surface area (Å²) in [6.45, 7) is 5.00. The fourth-order valence-corrected chi connectivity index (χ4v) is 1.40. The average molecular weight is 268 g/mol. The van der Waals surface area contributed by atoms with E-state index in [9.17, 15) is 9.90 Å². The van der Waals surface area contributed by atoms with Crippen LogP contribution in [0.4, 0.5) is 10.5 Å². The molecule has 106 valence electrons. The molecule has 5 N–H and O–H groups in total. The number of nitrogens with two attached hydrogens (primary N) is 1. The fourth-order valence-electron chi connectivity index (χ4n) is 1.40. The van der Waals surface area contributed by atoms with Crippen LogP contribution in [-0.4, -0.2) is 28.5 Å². The van der Waals surface area contributed by atoms with Crippen molar-refractivity contribution in [3.05, 3.63) is 23.8 Å².